The molecule has 1 atom stereocenters. The maximum atomic E-state index is 5.48. The van der Waals surface area contributed by atoms with Gasteiger partial charge in [0.15, 0.2) is 0 Å². The largest absolute Gasteiger partial charge is 0.491 e. The first-order valence-electron chi connectivity index (χ1n) is 4.69. The molecule has 0 spiro atoms. The number of nitrogens with two attached hydrogens (primary N) is 1. The Morgan fingerprint density at radius 3 is 2.47 bits per heavy atom. The maximum absolute atomic E-state index is 5.48. The minimum atomic E-state index is 0.0836. The highest BCUT2D eigenvalue weighted by atomic mass is 32.1. The average Bonchev–Trinajstić information content (AvgIpc) is 2.26. The summed E-state index contributed by atoms with van der Waals surface area (Å²) in [4.78, 5) is 0.395. The molecule has 0 saturated carbocycles. The van der Waals surface area contributed by atoms with Crippen molar-refractivity contribution in [3.63, 3.8) is 0 Å². The lowest BCUT2D eigenvalue weighted by Crippen LogP contribution is -2.16. The zero-order valence-corrected chi connectivity index (χ0v) is 9.71. The van der Waals surface area contributed by atoms with Crippen LogP contribution in [0.5, 0.6) is 5.75 Å². The summed E-state index contributed by atoms with van der Waals surface area (Å²) in [6, 6.07) is 7.37. The minimum absolute atomic E-state index is 0.0836. The van der Waals surface area contributed by atoms with Crippen LogP contribution in [0, 0.1) is 0 Å². The predicted octanol–water partition coefficient (Wildman–Crippen LogP) is 1.73. The predicted molar refractivity (Wildman–Crippen MR) is 64.3 cm³/mol. The summed E-state index contributed by atoms with van der Waals surface area (Å²) in [7, 11) is 1.66. The second-order valence-electron chi connectivity index (χ2n) is 3.25. The van der Waals surface area contributed by atoms with Gasteiger partial charge in [-0.25, -0.2) is 0 Å². The third kappa shape index (κ3) is 3.85. The molecule has 0 aliphatic carbocycles. The molecule has 1 aromatic rings. The molecule has 1 rings (SSSR count). The van der Waals surface area contributed by atoms with E-state index in [4.69, 9.17) is 27.4 Å². The molecule has 0 radical (unpaired) electrons. The highest BCUT2D eigenvalue weighted by Crippen LogP contribution is 2.12. The normalized spacial score (nSPS) is 12.1. The van der Waals surface area contributed by atoms with E-state index in [-0.39, 0.29) is 6.10 Å². The van der Waals surface area contributed by atoms with Gasteiger partial charge in [-0.05, 0) is 31.2 Å². The van der Waals surface area contributed by atoms with Crippen molar-refractivity contribution in [1.82, 2.24) is 0 Å². The fourth-order valence-electron chi connectivity index (χ4n) is 0.997. The Labute approximate surface area is 95.2 Å². The third-order valence-electron chi connectivity index (χ3n) is 2.03. The van der Waals surface area contributed by atoms with Crippen LogP contribution >= 0.6 is 12.2 Å². The van der Waals surface area contributed by atoms with Crippen LogP contribution in [0.3, 0.4) is 0 Å². The van der Waals surface area contributed by atoms with Crippen molar-refractivity contribution >= 4 is 17.2 Å². The number of hydrogen-bond acceptors (Lipinski definition) is 3. The quantitative estimate of drug-likeness (QED) is 0.775. The highest BCUT2D eigenvalue weighted by Gasteiger charge is 2.01. The molecule has 0 amide bonds. The molecule has 4 heteroatoms. The van der Waals surface area contributed by atoms with E-state index in [1.54, 1.807) is 7.11 Å². The summed E-state index contributed by atoms with van der Waals surface area (Å²) >= 11 is 4.85. The molecule has 0 heterocycles. The Kier molecular flexibility index (Phi) is 4.52. The Hall–Kier alpha value is -1.13. The number of hydrogen-bond donors (Lipinski definition) is 1. The van der Waals surface area contributed by atoms with Crippen LogP contribution in [-0.4, -0.2) is 24.8 Å². The Bertz CT molecular complexity index is 324. The zero-order valence-electron chi connectivity index (χ0n) is 8.90. The molecule has 0 bridgehead atoms. The summed E-state index contributed by atoms with van der Waals surface area (Å²) < 4.78 is 10.6. The molecule has 0 aliphatic heterocycles. The van der Waals surface area contributed by atoms with Crippen LogP contribution in [0.1, 0.15) is 12.5 Å². The monoisotopic (exact) mass is 225 g/mol. The first-order chi connectivity index (χ1) is 7.13. The molecule has 15 heavy (non-hydrogen) atoms. The van der Waals surface area contributed by atoms with Gasteiger partial charge in [-0.15, -0.1) is 0 Å². The number of ether oxygens (including phenoxy) is 2. The van der Waals surface area contributed by atoms with E-state index >= 15 is 0 Å². The first kappa shape index (κ1) is 11.9. The summed E-state index contributed by atoms with van der Waals surface area (Å²) in [6.07, 6.45) is 0.0836. The van der Waals surface area contributed by atoms with E-state index in [1.165, 1.54) is 0 Å². The number of benzene rings is 1. The average molecular weight is 225 g/mol. The van der Waals surface area contributed by atoms with Gasteiger partial charge in [0.1, 0.15) is 17.3 Å². The molecule has 3 nitrogen and oxygen atoms in total. The number of rotatable bonds is 5. The van der Waals surface area contributed by atoms with E-state index in [1.807, 2.05) is 31.2 Å². The molecule has 82 valence electrons. The van der Waals surface area contributed by atoms with Crippen molar-refractivity contribution < 1.29 is 9.47 Å². The van der Waals surface area contributed by atoms with E-state index in [0.29, 0.717) is 11.6 Å². The first-order valence-corrected chi connectivity index (χ1v) is 5.09. The smallest absolute Gasteiger partial charge is 0.119 e. The topological polar surface area (TPSA) is 44.5 Å². The molecule has 0 fully saturated rings. The van der Waals surface area contributed by atoms with Gasteiger partial charge < -0.3 is 15.2 Å². The lowest BCUT2D eigenvalue weighted by atomic mass is 10.2. The van der Waals surface area contributed by atoms with Crippen LogP contribution in [0.2, 0.25) is 0 Å². The fourth-order valence-corrected chi connectivity index (χ4v) is 1.13. The standard InChI is InChI=1S/C11H15NO2S/c1-8(13-2)7-14-10-5-3-9(4-6-10)11(12)15/h3-6,8H,7H2,1-2H3,(H2,12,15). The van der Waals surface area contributed by atoms with E-state index in [0.717, 1.165) is 11.3 Å². The van der Waals surface area contributed by atoms with Gasteiger partial charge in [0.2, 0.25) is 0 Å². The second-order valence-corrected chi connectivity index (χ2v) is 3.69. The van der Waals surface area contributed by atoms with E-state index < -0.39 is 0 Å². The van der Waals surface area contributed by atoms with E-state index in [9.17, 15) is 0 Å². The van der Waals surface area contributed by atoms with Crippen LogP contribution in [0.25, 0.3) is 0 Å². The van der Waals surface area contributed by atoms with Gasteiger partial charge in [0.05, 0.1) is 6.10 Å². The second kappa shape index (κ2) is 5.68. The van der Waals surface area contributed by atoms with Crippen molar-refractivity contribution in [3.8, 4) is 5.75 Å². The van der Waals surface area contributed by atoms with Gasteiger partial charge in [-0.3, -0.25) is 0 Å². The SMILES string of the molecule is COC(C)COc1ccc(C(N)=S)cc1. The molecular weight excluding hydrogens is 210 g/mol. The number of thiocarbonyl (C=S) groups is 1. The molecule has 1 aromatic carbocycles. The van der Waals surface area contributed by atoms with Gasteiger partial charge in [-0.2, -0.15) is 0 Å². The fraction of sp³-hybridized carbons (Fsp3) is 0.364. The van der Waals surface area contributed by atoms with Gasteiger partial charge in [0.25, 0.3) is 0 Å². The highest BCUT2D eigenvalue weighted by molar-refractivity contribution is 7.80. The lowest BCUT2D eigenvalue weighted by Gasteiger charge is -2.11. The van der Waals surface area contributed by atoms with Crippen LogP contribution in [0.4, 0.5) is 0 Å². The van der Waals surface area contributed by atoms with E-state index in [2.05, 4.69) is 0 Å². The molecular formula is C11H15NO2S. The lowest BCUT2D eigenvalue weighted by molar-refractivity contribution is 0.0717. The molecule has 2 N–H and O–H groups in total. The summed E-state index contributed by atoms with van der Waals surface area (Å²) in [6.45, 7) is 2.48. The summed E-state index contributed by atoms with van der Waals surface area (Å²) in [5.41, 5.74) is 6.32. The van der Waals surface area contributed by atoms with Crippen molar-refractivity contribution in [2.45, 2.75) is 13.0 Å². The van der Waals surface area contributed by atoms with Crippen LogP contribution < -0.4 is 10.5 Å². The van der Waals surface area contributed by atoms with Gasteiger partial charge >= 0.3 is 0 Å². The molecule has 0 aromatic heterocycles. The van der Waals surface area contributed by atoms with Crippen molar-refractivity contribution in [2.24, 2.45) is 5.73 Å². The van der Waals surface area contributed by atoms with Gasteiger partial charge in [0, 0.05) is 12.7 Å². The molecule has 1 unspecified atom stereocenters. The minimum Gasteiger partial charge on any atom is -0.491 e. The summed E-state index contributed by atoms with van der Waals surface area (Å²) in [5.74, 6) is 0.791. The van der Waals surface area contributed by atoms with Crippen molar-refractivity contribution in [2.75, 3.05) is 13.7 Å². The Balaban J connectivity index is 2.53. The maximum Gasteiger partial charge on any atom is 0.119 e. The third-order valence-corrected chi connectivity index (χ3v) is 2.26. The summed E-state index contributed by atoms with van der Waals surface area (Å²) in [5, 5.41) is 0. The zero-order chi connectivity index (χ0) is 11.3. The molecule has 0 saturated heterocycles. The molecule has 0 aliphatic rings. The van der Waals surface area contributed by atoms with Crippen molar-refractivity contribution in [1.29, 1.82) is 0 Å². The van der Waals surface area contributed by atoms with Crippen molar-refractivity contribution in [3.05, 3.63) is 29.8 Å². The van der Waals surface area contributed by atoms with Crippen LogP contribution in [-0.2, 0) is 4.74 Å². The Morgan fingerprint density at radius 1 is 1.40 bits per heavy atom. The van der Waals surface area contributed by atoms with Crippen LogP contribution in [0.15, 0.2) is 24.3 Å². The Morgan fingerprint density at radius 2 is 2.00 bits per heavy atom. The number of methoxy groups -OCH3 is 1. The van der Waals surface area contributed by atoms with Gasteiger partial charge in [-0.1, -0.05) is 12.2 Å².